The van der Waals surface area contributed by atoms with E-state index >= 15 is 0 Å². The summed E-state index contributed by atoms with van der Waals surface area (Å²) in [6, 6.07) is 25.4. The number of halogens is 1. The maximum Gasteiger partial charge on any atom is 0.250 e. The van der Waals surface area contributed by atoms with Crippen molar-refractivity contribution >= 4 is 11.6 Å². The largest absolute Gasteiger partial charge is 0.359 e. The van der Waals surface area contributed by atoms with Crippen LogP contribution in [0.5, 0.6) is 0 Å². The molecule has 3 rings (SSSR count). The third-order valence-electron chi connectivity index (χ3n) is 3.73. The van der Waals surface area contributed by atoms with Crippen LogP contribution in [0.4, 0.5) is 10.1 Å². The van der Waals surface area contributed by atoms with Crippen molar-refractivity contribution in [1.82, 2.24) is 0 Å². The van der Waals surface area contributed by atoms with Gasteiger partial charge in [0.25, 0.3) is 0 Å². The number of hydrogen-bond acceptors (Lipinski definition) is 2. The summed E-state index contributed by atoms with van der Waals surface area (Å²) in [6.45, 7) is -0.178. The molecule has 4 heteroatoms. The first-order valence-electron chi connectivity index (χ1n) is 8.00. The van der Waals surface area contributed by atoms with Crippen LogP contribution in [-0.4, -0.2) is 12.5 Å². The molecule has 0 bridgehead atoms. The van der Waals surface area contributed by atoms with E-state index in [1.165, 1.54) is 12.1 Å². The van der Waals surface area contributed by atoms with Crippen LogP contribution in [0.15, 0.2) is 84.9 Å². The highest BCUT2D eigenvalue weighted by Gasteiger charge is 2.16. The second kappa shape index (κ2) is 8.22. The number of anilines is 1. The van der Waals surface area contributed by atoms with Crippen LogP contribution >= 0.6 is 0 Å². The Kier molecular flexibility index (Phi) is 5.54. The average molecular weight is 335 g/mol. The molecule has 25 heavy (non-hydrogen) atoms. The molecule has 0 aliphatic rings. The zero-order valence-electron chi connectivity index (χ0n) is 13.6. The lowest BCUT2D eigenvalue weighted by Gasteiger charge is -2.19. The summed E-state index contributed by atoms with van der Waals surface area (Å²) in [5.74, 6) is -0.875. The quantitative estimate of drug-likeness (QED) is 0.716. The zero-order valence-corrected chi connectivity index (χ0v) is 13.6. The van der Waals surface area contributed by atoms with Crippen LogP contribution in [0, 0.1) is 5.82 Å². The molecule has 0 unspecified atom stereocenters. The van der Waals surface area contributed by atoms with E-state index in [1.807, 2.05) is 60.7 Å². The van der Waals surface area contributed by atoms with Crippen LogP contribution in [0.2, 0.25) is 0 Å². The standard InChI is InChI=1S/C21H18FNO2/c22-18-13-7-8-14-19(18)23-20(24)15-25-21(16-9-3-1-4-10-16)17-11-5-2-6-12-17/h1-14,21H,15H2,(H,23,24). The molecular formula is C21H18FNO2. The van der Waals surface area contributed by atoms with Gasteiger partial charge >= 0.3 is 0 Å². The Morgan fingerprint density at radius 3 is 1.92 bits per heavy atom. The van der Waals surface area contributed by atoms with Crippen molar-refractivity contribution in [3.63, 3.8) is 0 Å². The Labute approximate surface area is 146 Å². The summed E-state index contributed by atoms with van der Waals surface area (Å²) in [4.78, 5) is 12.1. The van der Waals surface area contributed by atoms with Crippen molar-refractivity contribution in [2.75, 3.05) is 11.9 Å². The van der Waals surface area contributed by atoms with Crippen LogP contribution in [0.3, 0.4) is 0 Å². The van der Waals surface area contributed by atoms with Gasteiger partial charge in [-0.2, -0.15) is 0 Å². The lowest BCUT2D eigenvalue weighted by molar-refractivity contribution is -0.121. The summed E-state index contributed by atoms with van der Waals surface area (Å²) in [7, 11) is 0. The van der Waals surface area contributed by atoms with Gasteiger partial charge in [-0.15, -0.1) is 0 Å². The van der Waals surface area contributed by atoms with E-state index < -0.39 is 11.7 Å². The van der Waals surface area contributed by atoms with E-state index in [4.69, 9.17) is 4.74 Å². The van der Waals surface area contributed by atoms with Gasteiger partial charge in [-0.05, 0) is 23.3 Å². The number of para-hydroxylation sites is 1. The molecule has 0 aliphatic carbocycles. The van der Waals surface area contributed by atoms with E-state index in [9.17, 15) is 9.18 Å². The lowest BCUT2D eigenvalue weighted by Crippen LogP contribution is -2.21. The zero-order chi connectivity index (χ0) is 17.5. The smallest absolute Gasteiger partial charge is 0.250 e. The molecule has 0 spiro atoms. The van der Waals surface area contributed by atoms with Gasteiger partial charge in [0.15, 0.2) is 0 Å². The molecule has 0 fully saturated rings. The fraction of sp³-hybridized carbons (Fsp3) is 0.0952. The number of carbonyl (C=O) groups is 1. The average Bonchev–Trinajstić information content (AvgIpc) is 2.66. The maximum absolute atomic E-state index is 13.6. The van der Waals surface area contributed by atoms with Gasteiger partial charge in [0.2, 0.25) is 5.91 Å². The molecule has 1 N–H and O–H groups in total. The molecule has 1 amide bonds. The maximum atomic E-state index is 13.6. The van der Waals surface area contributed by atoms with Gasteiger partial charge in [-0.25, -0.2) is 4.39 Å². The van der Waals surface area contributed by atoms with Crippen molar-refractivity contribution in [3.8, 4) is 0 Å². The molecule has 0 aliphatic heterocycles. The number of carbonyl (C=O) groups excluding carboxylic acids is 1. The monoisotopic (exact) mass is 335 g/mol. The number of nitrogens with one attached hydrogen (secondary N) is 1. The fourth-order valence-corrected chi connectivity index (χ4v) is 2.55. The topological polar surface area (TPSA) is 38.3 Å². The second-order valence-electron chi connectivity index (χ2n) is 5.54. The second-order valence-corrected chi connectivity index (χ2v) is 5.54. The molecule has 3 aromatic rings. The first-order valence-corrected chi connectivity index (χ1v) is 8.00. The molecule has 3 nitrogen and oxygen atoms in total. The molecule has 0 heterocycles. The van der Waals surface area contributed by atoms with Crippen LogP contribution < -0.4 is 5.32 Å². The summed E-state index contributed by atoms with van der Waals surface area (Å²) in [5, 5.41) is 2.53. The van der Waals surface area contributed by atoms with Crippen LogP contribution in [0.25, 0.3) is 0 Å². The minimum atomic E-state index is -0.474. The van der Waals surface area contributed by atoms with Crippen molar-refractivity contribution in [2.24, 2.45) is 0 Å². The van der Waals surface area contributed by atoms with Gasteiger partial charge in [0.1, 0.15) is 18.5 Å². The van der Waals surface area contributed by atoms with Gasteiger partial charge < -0.3 is 10.1 Å². The molecule has 3 aromatic carbocycles. The third-order valence-corrected chi connectivity index (χ3v) is 3.73. The van der Waals surface area contributed by atoms with Crippen LogP contribution in [0.1, 0.15) is 17.2 Å². The van der Waals surface area contributed by atoms with E-state index in [2.05, 4.69) is 5.32 Å². The molecule has 0 saturated heterocycles. The van der Waals surface area contributed by atoms with Crippen LogP contribution in [-0.2, 0) is 9.53 Å². The summed E-state index contributed by atoms with van der Waals surface area (Å²) >= 11 is 0. The van der Waals surface area contributed by atoms with E-state index in [0.717, 1.165) is 11.1 Å². The first kappa shape index (κ1) is 16.9. The molecule has 0 atom stereocenters. The van der Waals surface area contributed by atoms with Crippen molar-refractivity contribution in [2.45, 2.75) is 6.10 Å². The highest BCUT2D eigenvalue weighted by molar-refractivity contribution is 5.91. The Hall–Kier alpha value is -2.98. The summed E-state index contributed by atoms with van der Waals surface area (Å²) in [6.07, 6.45) is -0.367. The summed E-state index contributed by atoms with van der Waals surface area (Å²) in [5.41, 5.74) is 2.05. The normalized spacial score (nSPS) is 10.6. The molecule has 0 radical (unpaired) electrons. The van der Waals surface area contributed by atoms with Gasteiger partial charge in [0, 0.05) is 0 Å². The number of rotatable bonds is 6. The van der Waals surface area contributed by atoms with Gasteiger partial charge in [-0.1, -0.05) is 72.8 Å². The number of benzene rings is 3. The van der Waals surface area contributed by atoms with E-state index in [-0.39, 0.29) is 18.4 Å². The Morgan fingerprint density at radius 2 is 1.36 bits per heavy atom. The van der Waals surface area contributed by atoms with E-state index in [1.54, 1.807) is 12.1 Å². The highest BCUT2D eigenvalue weighted by atomic mass is 19.1. The number of ether oxygens (including phenoxy) is 1. The highest BCUT2D eigenvalue weighted by Crippen LogP contribution is 2.25. The molecule has 126 valence electrons. The molecular weight excluding hydrogens is 317 g/mol. The van der Waals surface area contributed by atoms with Gasteiger partial charge in [0.05, 0.1) is 5.69 Å². The molecule has 0 aromatic heterocycles. The number of amides is 1. The lowest BCUT2D eigenvalue weighted by atomic mass is 10.0. The van der Waals surface area contributed by atoms with E-state index in [0.29, 0.717) is 0 Å². The Morgan fingerprint density at radius 1 is 0.840 bits per heavy atom. The fourth-order valence-electron chi connectivity index (χ4n) is 2.55. The predicted molar refractivity (Wildman–Crippen MR) is 95.7 cm³/mol. The SMILES string of the molecule is O=C(COC(c1ccccc1)c1ccccc1)Nc1ccccc1F. The first-order chi connectivity index (χ1) is 12.2. The number of hydrogen-bond donors (Lipinski definition) is 1. The van der Waals surface area contributed by atoms with Crippen molar-refractivity contribution < 1.29 is 13.9 Å². The third kappa shape index (κ3) is 4.52. The van der Waals surface area contributed by atoms with Crippen molar-refractivity contribution in [1.29, 1.82) is 0 Å². The minimum absolute atomic E-state index is 0.145. The van der Waals surface area contributed by atoms with Gasteiger partial charge in [-0.3, -0.25) is 4.79 Å². The molecule has 0 saturated carbocycles. The minimum Gasteiger partial charge on any atom is -0.359 e. The van der Waals surface area contributed by atoms with Crippen molar-refractivity contribution in [3.05, 3.63) is 102 Å². The Bertz CT molecular complexity index is 782. The summed E-state index contributed by atoms with van der Waals surface area (Å²) < 4.78 is 19.5. The Balaban J connectivity index is 1.71. The predicted octanol–water partition coefficient (Wildman–Crippen LogP) is 4.57.